The fraction of sp³-hybridized carbons (Fsp3) is 0.375. The van der Waals surface area contributed by atoms with Gasteiger partial charge in [0, 0.05) is 24.0 Å². The number of nitrogens with one attached hydrogen (secondary N) is 1. The third-order valence-electron chi connectivity index (χ3n) is 4.31. The van der Waals surface area contributed by atoms with Gasteiger partial charge in [-0.1, -0.05) is 17.8 Å². The average Bonchev–Trinajstić information content (AvgIpc) is 3.25. The fourth-order valence-electron chi connectivity index (χ4n) is 3.09. The summed E-state index contributed by atoms with van der Waals surface area (Å²) in [5.74, 6) is 0.188. The summed E-state index contributed by atoms with van der Waals surface area (Å²) in [6.45, 7) is 1.53. The lowest BCUT2D eigenvalue weighted by Gasteiger charge is -2.13. The SMILES string of the molecule is O=C(CSc1nnc2c(n1)[nH]c1cccc(C(F)(F)F)c12)N1CCCC1. The molecule has 1 N–H and O–H groups in total. The molecule has 3 heterocycles. The van der Waals surface area contributed by atoms with Gasteiger partial charge in [0.15, 0.2) is 5.65 Å². The molecular formula is C16H14F3N5OS. The van der Waals surface area contributed by atoms with Crippen LogP contribution >= 0.6 is 11.8 Å². The van der Waals surface area contributed by atoms with Crippen LogP contribution in [0, 0.1) is 0 Å². The van der Waals surface area contributed by atoms with Gasteiger partial charge in [-0.2, -0.15) is 13.2 Å². The van der Waals surface area contributed by atoms with Crippen LogP contribution in [0.3, 0.4) is 0 Å². The van der Waals surface area contributed by atoms with Gasteiger partial charge in [0.2, 0.25) is 11.1 Å². The molecule has 1 aliphatic heterocycles. The number of benzene rings is 1. The Bertz CT molecular complexity index is 981. The molecule has 1 aliphatic rings. The van der Waals surface area contributed by atoms with Crippen molar-refractivity contribution >= 4 is 39.7 Å². The van der Waals surface area contributed by atoms with E-state index >= 15 is 0 Å². The van der Waals surface area contributed by atoms with Gasteiger partial charge >= 0.3 is 6.18 Å². The van der Waals surface area contributed by atoms with Gasteiger partial charge in [-0.05, 0) is 25.0 Å². The molecule has 0 radical (unpaired) electrons. The highest BCUT2D eigenvalue weighted by molar-refractivity contribution is 7.99. The molecular weight excluding hydrogens is 367 g/mol. The van der Waals surface area contributed by atoms with Crippen molar-refractivity contribution in [2.75, 3.05) is 18.8 Å². The summed E-state index contributed by atoms with van der Waals surface area (Å²) in [4.78, 5) is 20.9. The Morgan fingerprint density at radius 2 is 2.00 bits per heavy atom. The summed E-state index contributed by atoms with van der Waals surface area (Å²) < 4.78 is 39.7. The van der Waals surface area contributed by atoms with E-state index in [1.165, 1.54) is 12.1 Å². The molecule has 136 valence electrons. The van der Waals surface area contributed by atoms with E-state index in [-0.39, 0.29) is 33.4 Å². The highest BCUT2D eigenvalue weighted by atomic mass is 32.2. The normalized spacial score (nSPS) is 15.3. The van der Waals surface area contributed by atoms with Crippen LogP contribution in [0.25, 0.3) is 22.1 Å². The van der Waals surface area contributed by atoms with Crippen molar-refractivity contribution in [3.05, 3.63) is 23.8 Å². The summed E-state index contributed by atoms with van der Waals surface area (Å²) in [5, 5.41) is 8.04. The molecule has 0 aliphatic carbocycles. The summed E-state index contributed by atoms with van der Waals surface area (Å²) in [7, 11) is 0. The van der Waals surface area contributed by atoms with Crippen LogP contribution in [0.15, 0.2) is 23.4 Å². The lowest BCUT2D eigenvalue weighted by molar-refractivity contribution is -0.136. The number of hydrogen-bond acceptors (Lipinski definition) is 5. The highest BCUT2D eigenvalue weighted by Gasteiger charge is 2.34. The van der Waals surface area contributed by atoms with Crippen LogP contribution in [0.2, 0.25) is 0 Å². The zero-order valence-corrected chi connectivity index (χ0v) is 14.3. The third kappa shape index (κ3) is 3.09. The largest absolute Gasteiger partial charge is 0.417 e. The van der Waals surface area contributed by atoms with Crippen molar-refractivity contribution < 1.29 is 18.0 Å². The van der Waals surface area contributed by atoms with Crippen LogP contribution < -0.4 is 0 Å². The Hall–Kier alpha value is -2.36. The van der Waals surface area contributed by atoms with Crippen LogP contribution in [-0.2, 0) is 11.0 Å². The first-order chi connectivity index (χ1) is 12.4. The molecule has 0 saturated carbocycles. The van der Waals surface area contributed by atoms with Crippen molar-refractivity contribution in [2.24, 2.45) is 0 Å². The number of aromatic nitrogens is 4. The molecule has 0 atom stereocenters. The molecule has 2 aromatic heterocycles. The number of H-pyrrole nitrogens is 1. The van der Waals surface area contributed by atoms with Gasteiger partial charge in [-0.15, -0.1) is 10.2 Å². The first-order valence-electron chi connectivity index (χ1n) is 8.06. The molecule has 10 heteroatoms. The number of likely N-dealkylation sites (tertiary alicyclic amines) is 1. The van der Waals surface area contributed by atoms with Crippen molar-refractivity contribution in [2.45, 2.75) is 24.2 Å². The fourth-order valence-corrected chi connectivity index (χ4v) is 3.78. The maximum absolute atomic E-state index is 13.2. The standard InChI is InChI=1S/C16H14F3N5OS/c17-16(18,19)9-4-3-5-10-12(9)13-14(20-10)21-15(23-22-13)26-8-11(25)24-6-1-2-7-24/h3-5H,1-2,6-8H2,(H,20,21,23). The summed E-state index contributed by atoms with van der Waals surface area (Å²) in [5.41, 5.74) is -0.181. The highest BCUT2D eigenvalue weighted by Crippen LogP contribution is 2.37. The Morgan fingerprint density at radius 1 is 1.23 bits per heavy atom. The van der Waals surface area contributed by atoms with Gasteiger partial charge in [0.05, 0.1) is 11.3 Å². The molecule has 26 heavy (non-hydrogen) atoms. The minimum atomic E-state index is -4.49. The van der Waals surface area contributed by atoms with Crippen LogP contribution in [-0.4, -0.2) is 49.8 Å². The predicted octanol–water partition coefficient (Wildman–Crippen LogP) is 3.24. The van der Waals surface area contributed by atoms with Crippen LogP contribution in [0.4, 0.5) is 13.2 Å². The second-order valence-electron chi connectivity index (χ2n) is 6.02. The molecule has 1 aromatic carbocycles. The van der Waals surface area contributed by atoms with Crippen molar-refractivity contribution in [1.29, 1.82) is 0 Å². The Balaban J connectivity index is 1.63. The van der Waals surface area contributed by atoms with Crippen molar-refractivity contribution in [3.63, 3.8) is 0 Å². The number of aromatic amines is 1. The Kier molecular flexibility index (Phi) is 4.22. The van der Waals surface area contributed by atoms with E-state index in [0.29, 0.717) is 5.52 Å². The van der Waals surface area contributed by atoms with E-state index in [0.717, 1.165) is 43.8 Å². The Labute approximate surface area is 150 Å². The first-order valence-corrected chi connectivity index (χ1v) is 9.05. The van der Waals surface area contributed by atoms with Gasteiger partial charge in [0.25, 0.3) is 0 Å². The van der Waals surface area contributed by atoms with Crippen molar-refractivity contribution in [3.8, 4) is 0 Å². The number of carbonyl (C=O) groups excluding carboxylic acids is 1. The number of fused-ring (bicyclic) bond motifs is 3. The monoisotopic (exact) mass is 381 g/mol. The van der Waals surface area contributed by atoms with E-state index < -0.39 is 11.7 Å². The predicted molar refractivity (Wildman–Crippen MR) is 90.7 cm³/mol. The summed E-state index contributed by atoms with van der Waals surface area (Å²) >= 11 is 1.13. The number of nitrogens with zero attached hydrogens (tertiary/aromatic N) is 4. The number of halogens is 3. The quantitative estimate of drug-likeness (QED) is 0.705. The molecule has 0 bridgehead atoms. The van der Waals surface area contributed by atoms with Gasteiger partial charge in [0.1, 0.15) is 5.52 Å². The maximum atomic E-state index is 13.2. The number of amides is 1. The van der Waals surface area contributed by atoms with E-state index in [1.54, 1.807) is 4.90 Å². The lowest BCUT2D eigenvalue weighted by atomic mass is 10.1. The van der Waals surface area contributed by atoms with E-state index in [9.17, 15) is 18.0 Å². The molecule has 3 aromatic rings. The van der Waals surface area contributed by atoms with Gasteiger partial charge < -0.3 is 9.88 Å². The zero-order chi connectivity index (χ0) is 18.3. The molecule has 6 nitrogen and oxygen atoms in total. The lowest BCUT2D eigenvalue weighted by Crippen LogP contribution is -2.29. The summed E-state index contributed by atoms with van der Waals surface area (Å²) in [6.07, 6.45) is -2.47. The van der Waals surface area contributed by atoms with E-state index in [4.69, 9.17) is 0 Å². The Morgan fingerprint density at radius 3 is 2.73 bits per heavy atom. The second kappa shape index (κ2) is 6.42. The molecule has 0 spiro atoms. The average molecular weight is 381 g/mol. The molecule has 1 amide bonds. The number of thioether (sulfide) groups is 1. The first kappa shape index (κ1) is 17.1. The van der Waals surface area contributed by atoms with Crippen LogP contribution in [0.5, 0.6) is 0 Å². The number of alkyl halides is 3. The molecule has 0 unspecified atom stereocenters. The molecule has 1 saturated heterocycles. The van der Waals surface area contributed by atoms with E-state index in [1.807, 2.05) is 0 Å². The van der Waals surface area contributed by atoms with Gasteiger partial charge in [-0.3, -0.25) is 4.79 Å². The number of rotatable bonds is 3. The van der Waals surface area contributed by atoms with Crippen LogP contribution in [0.1, 0.15) is 18.4 Å². The topological polar surface area (TPSA) is 74.8 Å². The van der Waals surface area contributed by atoms with E-state index in [2.05, 4.69) is 20.2 Å². The third-order valence-corrected chi connectivity index (χ3v) is 5.13. The zero-order valence-electron chi connectivity index (χ0n) is 13.5. The smallest absolute Gasteiger partial charge is 0.342 e. The molecule has 4 rings (SSSR count). The second-order valence-corrected chi connectivity index (χ2v) is 6.96. The van der Waals surface area contributed by atoms with Gasteiger partial charge in [-0.25, -0.2) is 4.98 Å². The minimum absolute atomic E-state index is 0.00667. The number of hydrogen-bond donors (Lipinski definition) is 1. The number of carbonyl (C=O) groups is 1. The maximum Gasteiger partial charge on any atom is 0.417 e. The molecule has 1 fully saturated rings. The summed E-state index contributed by atoms with van der Waals surface area (Å²) in [6, 6.07) is 3.88. The van der Waals surface area contributed by atoms with Crippen molar-refractivity contribution in [1.82, 2.24) is 25.1 Å². The minimum Gasteiger partial charge on any atom is -0.342 e.